The molecule has 0 aliphatic carbocycles. The van der Waals surface area contributed by atoms with Gasteiger partial charge < -0.3 is 10.2 Å². The van der Waals surface area contributed by atoms with Gasteiger partial charge in [-0.1, -0.05) is 18.2 Å². The van der Waals surface area contributed by atoms with Gasteiger partial charge in [0.25, 0.3) is 17.5 Å². The van der Waals surface area contributed by atoms with E-state index in [1.165, 1.54) is 21.7 Å². The van der Waals surface area contributed by atoms with Gasteiger partial charge in [0, 0.05) is 44.5 Å². The van der Waals surface area contributed by atoms with E-state index in [-0.39, 0.29) is 23.2 Å². The Morgan fingerprint density at radius 3 is 2.55 bits per heavy atom. The van der Waals surface area contributed by atoms with Crippen molar-refractivity contribution in [2.24, 2.45) is 0 Å². The molecule has 1 N–H and O–H groups in total. The van der Waals surface area contributed by atoms with E-state index in [1.54, 1.807) is 62.8 Å². The molecule has 9 nitrogen and oxygen atoms in total. The highest BCUT2D eigenvalue weighted by molar-refractivity contribution is 5.94. The van der Waals surface area contributed by atoms with Crippen molar-refractivity contribution >= 4 is 17.5 Å². The fourth-order valence-electron chi connectivity index (χ4n) is 2.78. The number of hydrogen-bond acceptors (Lipinski definition) is 5. The normalized spacial score (nSPS) is 10.4. The van der Waals surface area contributed by atoms with E-state index < -0.39 is 4.92 Å². The van der Waals surface area contributed by atoms with Crippen LogP contribution in [0.25, 0.3) is 5.69 Å². The lowest BCUT2D eigenvalue weighted by molar-refractivity contribution is -0.384. The number of nitrogens with zero attached hydrogens (tertiary/aromatic N) is 4. The molecular weight excluding hydrogens is 374 g/mol. The molecule has 0 atom stereocenters. The molecule has 1 heterocycles. The number of amides is 2. The molecule has 0 unspecified atom stereocenters. The van der Waals surface area contributed by atoms with Crippen LogP contribution in [0.2, 0.25) is 0 Å². The Morgan fingerprint density at radius 1 is 1.17 bits per heavy atom. The highest BCUT2D eigenvalue weighted by Crippen LogP contribution is 2.17. The Morgan fingerprint density at radius 2 is 1.90 bits per heavy atom. The molecule has 2 aromatic carbocycles. The summed E-state index contributed by atoms with van der Waals surface area (Å²) in [6, 6.07) is 14.5. The van der Waals surface area contributed by atoms with Gasteiger partial charge in [-0.3, -0.25) is 19.7 Å². The third-order valence-corrected chi connectivity index (χ3v) is 4.32. The molecular formula is C20H19N5O4. The van der Waals surface area contributed by atoms with Gasteiger partial charge in [0.2, 0.25) is 0 Å². The van der Waals surface area contributed by atoms with Gasteiger partial charge in [-0.2, -0.15) is 5.10 Å². The standard InChI is InChI=1S/C20H19N5O4/c1-21-19(26)15-8-6-14(7-9-15)13-23(2)20(27)18-10-11-24(22-18)16-4-3-5-17(12-16)25(28)29/h3-12H,13H2,1-2H3,(H,21,26). The zero-order chi connectivity index (χ0) is 21.0. The lowest BCUT2D eigenvalue weighted by Gasteiger charge is -2.16. The third kappa shape index (κ3) is 4.46. The van der Waals surface area contributed by atoms with Crippen LogP contribution in [0.3, 0.4) is 0 Å². The second-order valence-corrected chi connectivity index (χ2v) is 6.36. The van der Waals surface area contributed by atoms with Crippen LogP contribution in [0.15, 0.2) is 60.8 Å². The number of aromatic nitrogens is 2. The van der Waals surface area contributed by atoms with Crippen molar-refractivity contribution in [3.05, 3.63) is 87.7 Å². The fraction of sp³-hybridized carbons (Fsp3) is 0.150. The maximum Gasteiger partial charge on any atom is 0.274 e. The summed E-state index contributed by atoms with van der Waals surface area (Å²) in [5, 5.41) is 17.7. The van der Waals surface area contributed by atoms with E-state index in [1.807, 2.05) is 0 Å². The number of hydrogen-bond donors (Lipinski definition) is 1. The van der Waals surface area contributed by atoms with Gasteiger partial charge >= 0.3 is 0 Å². The molecule has 0 bridgehead atoms. The van der Waals surface area contributed by atoms with Crippen LogP contribution in [-0.2, 0) is 6.54 Å². The van der Waals surface area contributed by atoms with Crippen LogP contribution >= 0.6 is 0 Å². The fourth-order valence-corrected chi connectivity index (χ4v) is 2.78. The molecule has 9 heteroatoms. The Balaban J connectivity index is 1.71. The molecule has 0 saturated heterocycles. The first-order valence-electron chi connectivity index (χ1n) is 8.76. The second-order valence-electron chi connectivity index (χ2n) is 6.36. The van der Waals surface area contributed by atoms with Crippen molar-refractivity contribution in [2.75, 3.05) is 14.1 Å². The lowest BCUT2D eigenvalue weighted by Crippen LogP contribution is -2.26. The Bertz CT molecular complexity index is 1060. The zero-order valence-corrected chi connectivity index (χ0v) is 15.9. The molecule has 0 aliphatic rings. The second kappa shape index (κ2) is 8.34. The highest BCUT2D eigenvalue weighted by Gasteiger charge is 2.16. The smallest absolute Gasteiger partial charge is 0.274 e. The van der Waals surface area contributed by atoms with Crippen molar-refractivity contribution in [3.63, 3.8) is 0 Å². The molecule has 1 aromatic heterocycles. The van der Waals surface area contributed by atoms with Crippen LogP contribution in [0.1, 0.15) is 26.4 Å². The first-order chi connectivity index (χ1) is 13.9. The average Bonchev–Trinajstić information content (AvgIpc) is 3.23. The van der Waals surface area contributed by atoms with Crippen molar-refractivity contribution in [1.29, 1.82) is 0 Å². The van der Waals surface area contributed by atoms with Crippen molar-refractivity contribution in [2.45, 2.75) is 6.54 Å². The maximum absolute atomic E-state index is 12.7. The van der Waals surface area contributed by atoms with E-state index >= 15 is 0 Å². The summed E-state index contributed by atoms with van der Waals surface area (Å²) in [5.41, 5.74) is 2.07. The lowest BCUT2D eigenvalue weighted by atomic mass is 10.1. The van der Waals surface area contributed by atoms with E-state index in [2.05, 4.69) is 10.4 Å². The quantitative estimate of drug-likeness (QED) is 0.511. The summed E-state index contributed by atoms with van der Waals surface area (Å²) in [6.45, 7) is 0.344. The van der Waals surface area contributed by atoms with Gasteiger partial charge in [-0.15, -0.1) is 0 Å². The first-order valence-corrected chi connectivity index (χ1v) is 8.76. The van der Waals surface area contributed by atoms with Crippen LogP contribution < -0.4 is 5.32 Å². The number of benzene rings is 2. The number of nitro groups is 1. The molecule has 0 radical (unpaired) electrons. The minimum atomic E-state index is -0.484. The largest absolute Gasteiger partial charge is 0.355 e. The predicted octanol–water partition coefficient (Wildman–Crippen LogP) is 2.41. The third-order valence-electron chi connectivity index (χ3n) is 4.32. The summed E-state index contributed by atoms with van der Waals surface area (Å²) in [5.74, 6) is -0.461. The molecule has 0 fully saturated rings. The van der Waals surface area contributed by atoms with E-state index in [9.17, 15) is 19.7 Å². The monoisotopic (exact) mass is 393 g/mol. The van der Waals surface area contributed by atoms with Gasteiger partial charge in [0.1, 0.15) is 0 Å². The number of rotatable bonds is 6. The number of nitro benzene ring substituents is 1. The van der Waals surface area contributed by atoms with Gasteiger partial charge in [0.15, 0.2) is 5.69 Å². The Labute approximate surface area is 166 Å². The van der Waals surface area contributed by atoms with Crippen LogP contribution in [-0.4, -0.2) is 45.5 Å². The highest BCUT2D eigenvalue weighted by atomic mass is 16.6. The summed E-state index contributed by atoms with van der Waals surface area (Å²) in [7, 11) is 3.22. The average molecular weight is 393 g/mol. The Kier molecular flexibility index (Phi) is 5.68. The van der Waals surface area contributed by atoms with Gasteiger partial charge in [0.05, 0.1) is 10.6 Å². The van der Waals surface area contributed by atoms with Crippen LogP contribution in [0, 0.1) is 10.1 Å². The molecule has 29 heavy (non-hydrogen) atoms. The van der Waals surface area contributed by atoms with E-state index in [0.717, 1.165) is 5.56 Å². The number of carbonyl (C=O) groups excluding carboxylic acids is 2. The predicted molar refractivity (Wildman–Crippen MR) is 106 cm³/mol. The molecule has 2 amide bonds. The summed E-state index contributed by atoms with van der Waals surface area (Å²) in [4.78, 5) is 36.2. The van der Waals surface area contributed by atoms with E-state index in [0.29, 0.717) is 17.8 Å². The van der Waals surface area contributed by atoms with Crippen molar-refractivity contribution in [1.82, 2.24) is 20.0 Å². The minimum Gasteiger partial charge on any atom is -0.355 e. The molecule has 3 aromatic rings. The van der Waals surface area contributed by atoms with E-state index in [4.69, 9.17) is 0 Å². The van der Waals surface area contributed by atoms with Crippen LogP contribution in [0.4, 0.5) is 5.69 Å². The topological polar surface area (TPSA) is 110 Å². The Hall–Kier alpha value is -4.01. The maximum atomic E-state index is 12.7. The summed E-state index contributed by atoms with van der Waals surface area (Å²) < 4.78 is 1.42. The summed E-state index contributed by atoms with van der Waals surface area (Å²) >= 11 is 0. The minimum absolute atomic E-state index is 0.0526. The molecule has 148 valence electrons. The molecule has 3 rings (SSSR count). The van der Waals surface area contributed by atoms with Crippen molar-refractivity contribution in [3.8, 4) is 5.69 Å². The number of non-ortho nitro benzene ring substituents is 1. The number of nitrogens with one attached hydrogen (secondary N) is 1. The van der Waals surface area contributed by atoms with Crippen LogP contribution in [0.5, 0.6) is 0 Å². The van der Waals surface area contributed by atoms with Gasteiger partial charge in [-0.05, 0) is 29.8 Å². The van der Waals surface area contributed by atoms with Crippen molar-refractivity contribution < 1.29 is 14.5 Å². The van der Waals surface area contributed by atoms with Gasteiger partial charge in [-0.25, -0.2) is 4.68 Å². The molecule has 0 aliphatic heterocycles. The SMILES string of the molecule is CNC(=O)c1ccc(CN(C)C(=O)c2ccn(-c3cccc([N+](=O)[O-])c3)n2)cc1. The molecule has 0 spiro atoms. The number of carbonyl (C=O) groups is 2. The summed E-state index contributed by atoms with van der Waals surface area (Å²) in [6.07, 6.45) is 1.58. The zero-order valence-electron chi connectivity index (χ0n) is 15.9. The first kappa shape index (κ1) is 19.7. The molecule has 0 saturated carbocycles.